The van der Waals surface area contributed by atoms with Crippen LogP contribution in [-0.2, 0) is 0 Å². The summed E-state index contributed by atoms with van der Waals surface area (Å²) in [6, 6.07) is -0.00787. The Morgan fingerprint density at radius 1 is 1.60 bits per heavy atom. The lowest BCUT2D eigenvalue weighted by Crippen LogP contribution is -2.52. The Hall–Kier alpha value is -0.810. The van der Waals surface area contributed by atoms with Crippen LogP contribution in [0.5, 0.6) is 0 Å². The first kappa shape index (κ1) is 5.94. The molecule has 2 saturated heterocycles. The number of rotatable bonds is 0. The van der Waals surface area contributed by atoms with Gasteiger partial charge in [0, 0.05) is 19.6 Å². The molecule has 2 aliphatic rings. The van der Waals surface area contributed by atoms with Crippen LogP contribution >= 0.6 is 0 Å². The molecule has 2 aliphatic heterocycles. The van der Waals surface area contributed by atoms with Gasteiger partial charge in [0.1, 0.15) is 6.17 Å². The Morgan fingerprint density at radius 3 is 3.30 bits per heavy atom. The van der Waals surface area contributed by atoms with Crippen molar-refractivity contribution in [2.75, 3.05) is 19.6 Å². The molecule has 1 atom stereocenters. The summed E-state index contributed by atoms with van der Waals surface area (Å²) in [5.41, 5.74) is 5.43. The molecule has 3 N–H and O–H groups in total. The number of hydrazine groups is 1. The first-order chi connectivity index (χ1) is 4.88. The van der Waals surface area contributed by atoms with Crippen LogP contribution < -0.4 is 16.2 Å². The van der Waals surface area contributed by atoms with Gasteiger partial charge < -0.3 is 10.2 Å². The smallest absolute Gasteiger partial charge is 0.312 e. The van der Waals surface area contributed by atoms with Crippen LogP contribution in [0.2, 0.25) is 0 Å². The van der Waals surface area contributed by atoms with Gasteiger partial charge in [-0.1, -0.05) is 0 Å². The molecule has 0 bridgehead atoms. The molecule has 56 valence electrons. The minimum Gasteiger partial charge on any atom is -0.312 e. The van der Waals surface area contributed by atoms with Crippen molar-refractivity contribution in [3.63, 3.8) is 0 Å². The molecule has 5 nitrogen and oxygen atoms in total. The number of fused-ring (bicyclic) bond motifs is 1. The summed E-state index contributed by atoms with van der Waals surface area (Å²) >= 11 is 0. The highest BCUT2D eigenvalue weighted by Crippen LogP contribution is 2.03. The maximum absolute atomic E-state index is 10.9. The first-order valence-electron chi connectivity index (χ1n) is 3.41. The molecular weight excluding hydrogens is 132 g/mol. The van der Waals surface area contributed by atoms with Crippen molar-refractivity contribution in [3.05, 3.63) is 0 Å². The lowest BCUT2D eigenvalue weighted by molar-refractivity contribution is 0.186. The van der Waals surface area contributed by atoms with Crippen LogP contribution in [0.15, 0.2) is 0 Å². The molecule has 0 aromatic carbocycles. The molecule has 0 spiro atoms. The Morgan fingerprint density at radius 2 is 2.50 bits per heavy atom. The summed E-state index contributed by atoms with van der Waals surface area (Å²) in [6.07, 6.45) is 0.154. The summed E-state index contributed by atoms with van der Waals surface area (Å²) in [5.74, 6) is 0. The summed E-state index contributed by atoms with van der Waals surface area (Å²) in [4.78, 5) is 12.7. The second kappa shape index (κ2) is 2.10. The van der Waals surface area contributed by atoms with E-state index in [2.05, 4.69) is 16.2 Å². The van der Waals surface area contributed by atoms with E-state index in [0.29, 0.717) is 0 Å². The van der Waals surface area contributed by atoms with Crippen LogP contribution in [0.25, 0.3) is 0 Å². The van der Waals surface area contributed by atoms with Crippen molar-refractivity contribution >= 4 is 6.03 Å². The zero-order chi connectivity index (χ0) is 6.97. The quantitative estimate of drug-likeness (QED) is 0.383. The van der Waals surface area contributed by atoms with Crippen molar-refractivity contribution in [3.8, 4) is 0 Å². The van der Waals surface area contributed by atoms with Gasteiger partial charge in [0.15, 0.2) is 0 Å². The predicted octanol–water partition coefficient (Wildman–Crippen LogP) is -1.55. The molecule has 2 rings (SSSR count). The summed E-state index contributed by atoms with van der Waals surface area (Å²) < 4.78 is 0. The average Bonchev–Trinajstić information content (AvgIpc) is 2.34. The van der Waals surface area contributed by atoms with Crippen LogP contribution in [0.4, 0.5) is 4.79 Å². The predicted molar refractivity (Wildman–Crippen MR) is 35.0 cm³/mol. The van der Waals surface area contributed by atoms with Gasteiger partial charge in [-0.05, 0) is 0 Å². The lowest BCUT2D eigenvalue weighted by atomic mass is 10.3. The molecule has 0 radical (unpaired) electrons. The molecular formula is C5H10N4O. The lowest BCUT2D eigenvalue weighted by Gasteiger charge is -2.27. The Balaban J connectivity index is 2.08. The minimum absolute atomic E-state index is 0.00787. The SMILES string of the molecule is O=C1NNC2CNCCN12. The van der Waals surface area contributed by atoms with E-state index in [4.69, 9.17) is 0 Å². The molecule has 2 fully saturated rings. The van der Waals surface area contributed by atoms with E-state index in [1.165, 1.54) is 0 Å². The van der Waals surface area contributed by atoms with Crippen molar-refractivity contribution in [1.29, 1.82) is 0 Å². The molecule has 2 amide bonds. The number of nitrogens with zero attached hydrogens (tertiary/aromatic N) is 1. The van der Waals surface area contributed by atoms with Crippen LogP contribution in [0, 0.1) is 0 Å². The minimum atomic E-state index is -0.00787. The maximum atomic E-state index is 10.9. The molecule has 0 aromatic heterocycles. The highest BCUT2D eigenvalue weighted by Gasteiger charge is 2.31. The van der Waals surface area contributed by atoms with Gasteiger partial charge in [-0.25, -0.2) is 10.2 Å². The number of urea groups is 1. The van der Waals surface area contributed by atoms with Crippen molar-refractivity contribution in [1.82, 2.24) is 21.1 Å². The van der Waals surface area contributed by atoms with E-state index in [1.807, 2.05) is 0 Å². The standard InChI is InChI=1S/C5H10N4O/c10-5-8-7-4-3-6-1-2-9(4)5/h4,6-7H,1-3H2,(H,8,10). The van der Waals surface area contributed by atoms with Crippen LogP contribution in [0.3, 0.4) is 0 Å². The molecule has 10 heavy (non-hydrogen) atoms. The third-order valence-corrected chi connectivity index (χ3v) is 1.85. The summed E-state index contributed by atoms with van der Waals surface area (Å²) in [6.45, 7) is 2.52. The number of amides is 2. The van der Waals surface area contributed by atoms with Crippen molar-refractivity contribution in [2.24, 2.45) is 0 Å². The third kappa shape index (κ3) is 0.748. The average molecular weight is 142 g/mol. The van der Waals surface area contributed by atoms with E-state index in [1.54, 1.807) is 4.90 Å². The van der Waals surface area contributed by atoms with Gasteiger partial charge >= 0.3 is 6.03 Å². The summed E-state index contributed by atoms with van der Waals surface area (Å²) in [7, 11) is 0. The highest BCUT2D eigenvalue weighted by molar-refractivity contribution is 5.76. The molecule has 0 aliphatic carbocycles. The van der Waals surface area contributed by atoms with E-state index < -0.39 is 0 Å². The fourth-order valence-corrected chi connectivity index (χ4v) is 1.29. The molecule has 2 heterocycles. The second-order valence-corrected chi connectivity index (χ2v) is 2.49. The van der Waals surface area contributed by atoms with E-state index in [9.17, 15) is 4.79 Å². The highest BCUT2D eigenvalue weighted by atomic mass is 16.2. The van der Waals surface area contributed by atoms with Gasteiger partial charge in [0.2, 0.25) is 0 Å². The second-order valence-electron chi connectivity index (χ2n) is 2.49. The fraction of sp³-hybridized carbons (Fsp3) is 0.800. The largest absolute Gasteiger partial charge is 0.333 e. The summed E-state index contributed by atoms with van der Waals surface area (Å²) in [5, 5.41) is 3.18. The monoisotopic (exact) mass is 142 g/mol. The van der Waals surface area contributed by atoms with E-state index in [0.717, 1.165) is 19.6 Å². The van der Waals surface area contributed by atoms with Gasteiger partial charge in [-0.15, -0.1) is 0 Å². The van der Waals surface area contributed by atoms with Crippen molar-refractivity contribution < 1.29 is 4.79 Å². The molecule has 1 unspecified atom stereocenters. The number of hydrogen-bond donors (Lipinski definition) is 3. The Kier molecular flexibility index (Phi) is 1.25. The van der Waals surface area contributed by atoms with Crippen LogP contribution in [-0.4, -0.2) is 36.7 Å². The number of piperazine rings is 1. The topological polar surface area (TPSA) is 56.4 Å². The number of nitrogens with one attached hydrogen (secondary N) is 3. The van der Waals surface area contributed by atoms with E-state index >= 15 is 0 Å². The number of hydrogen-bond acceptors (Lipinski definition) is 3. The Bertz CT molecular complexity index is 160. The maximum Gasteiger partial charge on any atom is 0.333 e. The number of carbonyl (C=O) groups excluding carboxylic acids is 1. The van der Waals surface area contributed by atoms with Crippen LogP contribution in [0.1, 0.15) is 0 Å². The Labute approximate surface area is 58.7 Å². The van der Waals surface area contributed by atoms with Crippen molar-refractivity contribution in [2.45, 2.75) is 6.17 Å². The molecule has 5 heteroatoms. The molecule has 0 aromatic rings. The first-order valence-corrected chi connectivity index (χ1v) is 3.41. The zero-order valence-corrected chi connectivity index (χ0v) is 5.55. The molecule has 0 saturated carbocycles. The van der Waals surface area contributed by atoms with Gasteiger partial charge in [0.25, 0.3) is 0 Å². The van der Waals surface area contributed by atoms with Gasteiger partial charge in [-0.3, -0.25) is 5.43 Å². The third-order valence-electron chi connectivity index (χ3n) is 1.85. The number of carbonyl (C=O) groups is 1. The van der Waals surface area contributed by atoms with E-state index in [-0.39, 0.29) is 12.2 Å². The fourth-order valence-electron chi connectivity index (χ4n) is 1.29. The van der Waals surface area contributed by atoms with Gasteiger partial charge in [0.05, 0.1) is 0 Å². The zero-order valence-electron chi connectivity index (χ0n) is 5.55. The van der Waals surface area contributed by atoms with Gasteiger partial charge in [-0.2, -0.15) is 0 Å². The normalized spacial score (nSPS) is 31.8.